The summed E-state index contributed by atoms with van der Waals surface area (Å²) < 4.78 is 15.9. The third-order valence-electron chi connectivity index (χ3n) is 2.70. The van der Waals surface area contributed by atoms with Crippen molar-refractivity contribution in [2.45, 2.75) is 25.8 Å². The predicted octanol–water partition coefficient (Wildman–Crippen LogP) is 2.19. The minimum atomic E-state index is -0.122. The van der Waals surface area contributed by atoms with Crippen molar-refractivity contribution in [1.29, 1.82) is 0 Å². The third kappa shape index (κ3) is 3.80. The molecule has 0 aliphatic rings. The van der Waals surface area contributed by atoms with Crippen LogP contribution in [0.2, 0.25) is 0 Å². The summed E-state index contributed by atoms with van der Waals surface area (Å²) in [6.45, 7) is 2.08. The molecule has 2 N–H and O–H groups in total. The Bertz CT molecular complexity index is 474. The lowest BCUT2D eigenvalue weighted by atomic mass is 10.1. The Morgan fingerprint density at radius 3 is 2.32 bits per heavy atom. The summed E-state index contributed by atoms with van der Waals surface area (Å²) in [5.41, 5.74) is 6.62. The smallest absolute Gasteiger partial charge is 0.204 e. The van der Waals surface area contributed by atoms with E-state index < -0.39 is 0 Å². The maximum Gasteiger partial charge on any atom is 0.204 e. The zero-order valence-corrected chi connectivity index (χ0v) is 11.9. The van der Waals surface area contributed by atoms with Crippen molar-refractivity contribution < 1.29 is 14.2 Å². The van der Waals surface area contributed by atoms with Crippen LogP contribution in [0.3, 0.4) is 0 Å². The third-order valence-corrected chi connectivity index (χ3v) is 2.70. The van der Waals surface area contributed by atoms with Gasteiger partial charge in [0.15, 0.2) is 11.5 Å². The van der Waals surface area contributed by atoms with Crippen LogP contribution in [0.15, 0.2) is 12.1 Å². The van der Waals surface area contributed by atoms with Gasteiger partial charge in [-0.1, -0.05) is 25.2 Å². The Hall–Kier alpha value is -1.86. The highest BCUT2D eigenvalue weighted by atomic mass is 16.5. The van der Waals surface area contributed by atoms with E-state index in [0.717, 1.165) is 18.4 Å². The van der Waals surface area contributed by atoms with Crippen molar-refractivity contribution in [3.63, 3.8) is 0 Å². The second kappa shape index (κ2) is 7.55. The van der Waals surface area contributed by atoms with Gasteiger partial charge in [-0.25, -0.2) is 0 Å². The van der Waals surface area contributed by atoms with Gasteiger partial charge in [-0.05, 0) is 18.6 Å². The van der Waals surface area contributed by atoms with Crippen LogP contribution in [0.1, 0.15) is 25.3 Å². The van der Waals surface area contributed by atoms with Gasteiger partial charge >= 0.3 is 0 Å². The van der Waals surface area contributed by atoms with Gasteiger partial charge in [-0.15, -0.1) is 0 Å². The van der Waals surface area contributed by atoms with Gasteiger partial charge < -0.3 is 19.9 Å². The summed E-state index contributed by atoms with van der Waals surface area (Å²) in [7, 11) is 4.73. The first-order valence-corrected chi connectivity index (χ1v) is 6.24. The maximum atomic E-state index is 5.88. The molecule has 0 aromatic heterocycles. The minimum absolute atomic E-state index is 0.122. The molecule has 0 bridgehead atoms. The molecule has 1 atom stereocenters. The molecule has 4 nitrogen and oxygen atoms in total. The Kier molecular flexibility index (Phi) is 6.04. The molecular formula is C15H21NO3. The van der Waals surface area contributed by atoms with E-state index in [1.54, 1.807) is 27.4 Å². The zero-order valence-electron chi connectivity index (χ0n) is 11.9. The van der Waals surface area contributed by atoms with Crippen LogP contribution in [-0.4, -0.2) is 27.4 Å². The Morgan fingerprint density at radius 1 is 1.11 bits per heavy atom. The van der Waals surface area contributed by atoms with Crippen molar-refractivity contribution in [2.24, 2.45) is 5.73 Å². The summed E-state index contributed by atoms with van der Waals surface area (Å²) in [4.78, 5) is 0. The van der Waals surface area contributed by atoms with E-state index in [4.69, 9.17) is 19.9 Å². The van der Waals surface area contributed by atoms with E-state index in [2.05, 4.69) is 18.8 Å². The molecule has 0 aliphatic heterocycles. The largest absolute Gasteiger partial charge is 0.493 e. The van der Waals surface area contributed by atoms with E-state index in [9.17, 15) is 0 Å². The number of hydrogen-bond donors (Lipinski definition) is 1. The second-order valence-electron chi connectivity index (χ2n) is 4.05. The van der Waals surface area contributed by atoms with Gasteiger partial charge in [-0.3, -0.25) is 0 Å². The van der Waals surface area contributed by atoms with E-state index in [1.165, 1.54) is 0 Å². The van der Waals surface area contributed by atoms with Crippen LogP contribution in [0.5, 0.6) is 17.2 Å². The Labute approximate surface area is 114 Å². The van der Waals surface area contributed by atoms with Gasteiger partial charge in [0.2, 0.25) is 5.75 Å². The molecule has 0 heterocycles. The predicted molar refractivity (Wildman–Crippen MR) is 75.9 cm³/mol. The molecule has 4 heteroatoms. The van der Waals surface area contributed by atoms with Crippen LogP contribution in [0, 0.1) is 11.8 Å². The molecule has 0 saturated carbocycles. The molecular weight excluding hydrogens is 242 g/mol. The zero-order chi connectivity index (χ0) is 14.3. The maximum absolute atomic E-state index is 5.88. The number of hydrogen-bond acceptors (Lipinski definition) is 4. The van der Waals surface area contributed by atoms with E-state index >= 15 is 0 Å². The van der Waals surface area contributed by atoms with Gasteiger partial charge in [0, 0.05) is 0 Å². The molecule has 1 unspecified atom stereocenters. The Balaban J connectivity index is 3.14. The molecule has 1 rings (SSSR count). The molecule has 0 fully saturated rings. The van der Waals surface area contributed by atoms with Crippen LogP contribution < -0.4 is 19.9 Å². The first-order valence-electron chi connectivity index (χ1n) is 6.24. The molecule has 19 heavy (non-hydrogen) atoms. The quantitative estimate of drug-likeness (QED) is 0.827. The first kappa shape index (κ1) is 15.2. The SMILES string of the molecule is CCCC(N)C#Cc1ccc(OC)c(OC)c1OC. The number of nitrogens with two attached hydrogens (primary N) is 1. The lowest BCUT2D eigenvalue weighted by Gasteiger charge is -2.13. The summed E-state index contributed by atoms with van der Waals surface area (Å²) in [6.07, 6.45) is 1.89. The fourth-order valence-corrected chi connectivity index (χ4v) is 1.75. The lowest BCUT2D eigenvalue weighted by molar-refractivity contribution is 0.324. The van der Waals surface area contributed by atoms with Crippen molar-refractivity contribution in [1.82, 2.24) is 0 Å². The average Bonchev–Trinajstić information content (AvgIpc) is 2.43. The summed E-state index contributed by atoms with van der Waals surface area (Å²) >= 11 is 0. The molecule has 0 aliphatic carbocycles. The van der Waals surface area contributed by atoms with Gasteiger partial charge in [0.1, 0.15) is 0 Å². The van der Waals surface area contributed by atoms with E-state index in [-0.39, 0.29) is 6.04 Å². The number of ether oxygens (including phenoxy) is 3. The van der Waals surface area contributed by atoms with Crippen LogP contribution in [0.4, 0.5) is 0 Å². The molecule has 1 aromatic rings. The highest BCUT2D eigenvalue weighted by molar-refractivity contribution is 5.60. The fraction of sp³-hybridized carbons (Fsp3) is 0.467. The highest BCUT2D eigenvalue weighted by Gasteiger charge is 2.14. The summed E-state index contributed by atoms with van der Waals surface area (Å²) in [5, 5.41) is 0. The number of rotatable bonds is 5. The highest BCUT2D eigenvalue weighted by Crippen LogP contribution is 2.39. The minimum Gasteiger partial charge on any atom is -0.493 e. The first-order chi connectivity index (χ1) is 9.17. The normalized spacial score (nSPS) is 11.2. The van der Waals surface area contributed by atoms with Crippen molar-refractivity contribution in [3.05, 3.63) is 17.7 Å². The number of benzene rings is 1. The van der Waals surface area contributed by atoms with E-state index in [0.29, 0.717) is 17.2 Å². The van der Waals surface area contributed by atoms with Crippen molar-refractivity contribution in [2.75, 3.05) is 21.3 Å². The monoisotopic (exact) mass is 263 g/mol. The number of methoxy groups -OCH3 is 3. The molecule has 104 valence electrons. The average molecular weight is 263 g/mol. The van der Waals surface area contributed by atoms with Crippen molar-refractivity contribution in [3.8, 4) is 29.1 Å². The Morgan fingerprint density at radius 2 is 1.79 bits per heavy atom. The molecule has 0 amide bonds. The van der Waals surface area contributed by atoms with Crippen molar-refractivity contribution >= 4 is 0 Å². The summed E-state index contributed by atoms with van der Waals surface area (Å²) in [6, 6.07) is 3.52. The van der Waals surface area contributed by atoms with Gasteiger partial charge in [0.05, 0.1) is 32.9 Å². The standard InChI is InChI=1S/C15H21NO3/c1-5-6-12(16)9-7-11-8-10-13(17-2)15(19-4)14(11)18-3/h8,10,12H,5-6,16H2,1-4H3. The molecule has 0 saturated heterocycles. The van der Waals surface area contributed by atoms with E-state index in [1.807, 2.05) is 6.07 Å². The second-order valence-corrected chi connectivity index (χ2v) is 4.05. The van der Waals surface area contributed by atoms with Crippen LogP contribution in [-0.2, 0) is 0 Å². The van der Waals surface area contributed by atoms with Gasteiger partial charge in [-0.2, -0.15) is 0 Å². The topological polar surface area (TPSA) is 53.7 Å². The fourth-order valence-electron chi connectivity index (χ4n) is 1.75. The lowest BCUT2D eigenvalue weighted by Crippen LogP contribution is -2.16. The van der Waals surface area contributed by atoms with Crippen LogP contribution >= 0.6 is 0 Å². The molecule has 0 radical (unpaired) electrons. The van der Waals surface area contributed by atoms with Crippen LogP contribution in [0.25, 0.3) is 0 Å². The molecule has 1 aromatic carbocycles. The van der Waals surface area contributed by atoms with Gasteiger partial charge in [0.25, 0.3) is 0 Å². The molecule has 0 spiro atoms. The summed E-state index contributed by atoms with van der Waals surface area (Å²) in [5.74, 6) is 7.78.